The van der Waals surface area contributed by atoms with Crippen LogP contribution in [0.25, 0.3) is 6.08 Å². The molecule has 1 aromatic carbocycles. The number of aromatic amines is 1. The maximum absolute atomic E-state index is 13.1. The number of imidazole rings is 1. The summed E-state index contributed by atoms with van der Waals surface area (Å²) in [4.78, 5) is 37.0. The second-order valence-electron chi connectivity index (χ2n) is 9.58. The third-order valence-corrected chi connectivity index (χ3v) is 7.30. The molecule has 2 fully saturated rings. The third kappa shape index (κ3) is 5.56. The summed E-state index contributed by atoms with van der Waals surface area (Å²) >= 11 is 0. The van der Waals surface area contributed by atoms with Crippen molar-refractivity contribution in [2.75, 3.05) is 26.2 Å². The van der Waals surface area contributed by atoms with E-state index in [0.29, 0.717) is 56.5 Å². The van der Waals surface area contributed by atoms with Gasteiger partial charge >= 0.3 is 6.36 Å². The minimum atomic E-state index is -4.74. The number of nitrogens with zero attached hydrogens (tertiary/aromatic N) is 3. The van der Waals surface area contributed by atoms with E-state index in [1.807, 2.05) is 9.80 Å². The van der Waals surface area contributed by atoms with Crippen LogP contribution in [-0.2, 0) is 22.6 Å². The lowest BCUT2D eigenvalue weighted by molar-refractivity contribution is -0.274. The van der Waals surface area contributed by atoms with Crippen molar-refractivity contribution < 1.29 is 27.5 Å². The third-order valence-electron chi connectivity index (χ3n) is 7.30. The highest BCUT2D eigenvalue weighted by atomic mass is 19.4. The molecule has 3 atom stereocenters. The maximum Gasteiger partial charge on any atom is 0.573 e. The Balaban J connectivity index is 1.11. The Morgan fingerprint density at radius 1 is 1.06 bits per heavy atom. The lowest BCUT2D eigenvalue weighted by Crippen LogP contribution is -2.49. The summed E-state index contributed by atoms with van der Waals surface area (Å²) in [5.41, 5.74) is 2.60. The molecule has 0 saturated carbocycles. The highest BCUT2D eigenvalue weighted by Crippen LogP contribution is 2.33. The molecule has 0 spiro atoms. The molecule has 36 heavy (non-hydrogen) atoms. The largest absolute Gasteiger partial charge is 0.573 e. The zero-order chi connectivity index (χ0) is 25.3. The Kier molecular flexibility index (Phi) is 6.74. The second kappa shape index (κ2) is 9.96. The Hall–Kier alpha value is -3.34. The van der Waals surface area contributed by atoms with Crippen molar-refractivity contribution in [1.82, 2.24) is 25.1 Å². The van der Waals surface area contributed by atoms with Crippen molar-refractivity contribution in [2.45, 2.75) is 38.2 Å². The van der Waals surface area contributed by atoms with Crippen molar-refractivity contribution in [3.8, 4) is 5.75 Å². The highest BCUT2D eigenvalue weighted by molar-refractivity contribution is 5.91. The molecule has 0 bridgehead atoms. The molecule has 4 heterocycles. The van der Waals surface area contributed by atoms with Crippen LogP contribution in [0.3, 0.4) is 0 Å². The summed E-state index contributed by atoms with van der Waals surface area (Å²) in [6.45, 7) is 3.24. The molecule has 2 aromatic rings. The lowest BCUT2D eigenvalue weighted by atomic mass is 9.92. The van der Waals surface area contributed by atoms with Crippen LogP contribution in [-0.4, -0.2) is 70.2 Å². The van der Waals surface area contributed by atoms with Gasteiger partial charge in [0.25, 0.3) is 0 Å². The molecule has 0 aliphatic carbocycles. The standard InChI is InChI=1S/C25H28F3N5O3/c26-25(27,28)36-19-4-1-16(2-5-19)3-6-23(34)32-9-7-17-13-33(14-18(17)8-10-32)24(35)21-11-20-22(12-29-21)31-15-30-20/h1-6,15,17-18,21,29H,7-14H2,(H,30,31)/b6-3+/t17-,18+,21-/m0/s1. The Morgan fingerprint density at radius 3 is 2.42 bits per heavy atom. The van der Waals surface area contributed by atoms with Crippen LogP contribution in [0.15, 0.2) is 36.7 Å². The molecule has 8 nitrogen and oxygen atoms in total. The Morgan fingerprint density at radius 2 is 1.75 bits per heavy atom. The number of nitrogens with one attached hydrogen (secondary N) is 2. The normalized spacial score (nSPS) is 24.4. The van der Waals surface area contributed by atoms with Crippen LogP contribution in [0.5, 0.6) is 5.75 Å². The molecule has 11 heteroatoms. The van der Waals surface area contributed by atoms with Crippen molar-refractivity contribution in [2.24, 2.45) is 11.8 Å². The van der Waals surface area contributed by atoms with Crippen LogP contribution in [0, 0.1) is 11.8 Å². The molecule has 192 valence electrons. The molecule has 2 amide bonds. The number of hydrogen-bond donors (Lipinski definition) is 2. The average molecular weight is 504 g/mol. The minimum absolute atomic E-state index is 0.125. The number of aromatic nitrogens is 2. The first kappa shape index (κ1) is 24.4. The number of rotatable bonds is 4. The molecule has 3 aliphatic rings. The quantitative estimate of drug-likeness (QED) is 0.627. The van der Waals surface area contributed by atoms with Crippen LogP contribution in [0.4, 0.5) is 13.2 Å². The van der Waals surface area contributed by atoms with E-state index in [9.17, 15) is 22.8 Å². The van der Waals surface area contributed by atoms with Gasteiger partial charge in [-0.3, -0.25) is 14.9 Å². The van der Waals surface area contributed by atoms with E-state index in [1.165, 1.54) is 30.3 Å². The van der Waals surface area contributed by atoms with Crippen LogP contribution in [0.2, 0.25) is 0 Å². The Bertz CT molecular complexity index is 1110. The van der Waals surface area contributed by atoms with Gasteiger partial charge in [0.1, 0.15) is 5.75 Å². The second-order valence-corrected chi connectivity index (χ2v) is 9.58. The van der Waals surface area contributed by atoms with E-state index in [0.717, 1.165) is 24.2 Å². The molecule has 3 aliphatic heterocycles. The summed E-state index contributed by atoms with van der Waals surface area (Å²) < 4.78 is 40.7. The van der Waals surface area contributed by atoms with Gasteiger partial charge in [-0.05, 0) is 48.4 Å². The number of benzene rings is 1. The van der Waals surface area contributed by atoms with Crippen LogP contribution in [0.1, 0.15) is 29.8 Å². The van der Waals surface area contributed by atoms with Crippen LogP contribution < -0.4 is 10.1 Å². The predicted octanol–water partition coefficient (Wildman–Crippen LogP) is 2.73. The van der Waals surface area contributed by atoms with Gasteiger partial charge in [0.15, 0.2) is 0 Å². The summed E-state index contributed by atoms with van der Waals surface area (Å²) in [5.74, 6) is 0.431. The number of H-pyrrole nitrogens is 1. The fourth-order valence-electron chi connectivity index (χ4n) is 5.37. The summed E-state index contributed by atoms with van der Waals surface area (Å²) in [6, 6.07) is 5.13. The number of ether oxygens (including phenoxy) is 1. The summed E-state index contributed by atoms with van der Waals surface area (Å²) in [5, 5.41) is 3.30. The van der Waals surface area contributed by atoms with Gasteiger partial charge < -0.3 is 19.5 Å². The van der Waals surface area contributed by atoms with E-state index in [4.69, 9.17) is 0 Å². The number of carbonyl (C=O) groups is 2. The van der Waals surface area contributed by atoms with Gasteiger partial charge in [-0.25, -0.2) is 4.98 Å². The first-order valence-electron chi connectivity index (χ1n) is 12.1. The van der Waals surface area contributed by atoms with E-state index >= 15 is 0 Å². The molecular weight excluding hydrogens is 475 g/mol. The topological polar surface area (TPSA) is 90.6 Å². The smallest absolute Gasteiger partial charge is 0.406 e. The van der Waals surface area contributed by atoms with Gasteiger partial charge in [-0.15, -0.1) is 13.2 Å². The van der Waals surface area contributed by atoms with E-state index in [1.54, 1.807) is 12.4 Å². The van der Waals surface area contributed by atoms with E-state index in [2.05, 4.69) is 20.0 Å². The SMILES string of the molecule is O=C(/C=C/c1ccc(OC(F)(F)F)cc1)N1CC[C@@H]2CN(C(=O)[C@@H]3Cc4[nH]cnc4CN3)C[C@@H]2CC1. The first-order chi connectivity index (χ1) is 17.2. The average Bonchev–Trinajstić information content (AvgIpc) is 3.44. The number of fused-ring (bicyclic) bond motifs is 2. The molecule has 2 saturated heterocycles. The number of amides is 2. The van der Waals surface area contributed by atoms with Crippen LogP contribution >= 0.6 is 0 Å². The maximum atomic E-state index is 13.1. The van der Waals surface area contributed by atoms with Gasteiger partial charge in [-0.1, -0.05) is 12.1 Å². The number of likely N-dealkylation sites (tertiary alicyclic amines) is 2. The molecule has 0 radical (unpaired) electrons. The number of alkyl halides is 3. The zero-order valence-electron chi connectivity index (χ0n) is 19.6. The zero-order valence-corrected chi connectivity index (χ0v) is 19.6. The van der Waals surface area contributed by atoms with Crippen molar-refractivity contribution in [1.29, 1.82) is 0 Å². The van der Waals surface area contributed by atoms with Crippen molar-refractivity contribution in [3.05, 3.63) is 53.6 Å². The van der Waals surface area contributed by atoms with E-state index < -0.39 is 6.36 Å². The van der Waals surface area contributed by atoms with Crippen molar-refractivity contribution >= 4 is 17.9 Å². The number of hydrogen-bond acceptors (Lipinski definition) is 5. The number of halogens is 3. The van der Waals surface area contributed by atoms with Gasteiger partial charge in [-0.2, -0.15) is 0 Å². The highest BCUT2D eigenvalue weighted by Gasteiger charge is 2.40. The van der Waals surface area contributed by atoms with Gasteiger partial charge in [0.05, 0.1) is 18.1 Å². The monoisotopic (exact) mass is 503 g/mol. The van der Waals surface area contributed by atoms with E-state index in [-0.39, 0.29) is 23.6 Å². The Labute approximate surface area is 206 Å². The van der Waals surface area contributed by atoms with Gasteiger partial charge in [0, 0.05) is 50.9 Å². The summed E-state index contributed by atoms with van der Waals surface area (Å²) in [7, 11) is 0. The number of carbonyl (C=O) groups excluding carboxylic acids is 2. The molecule has 0 unspecified atom stereocenters. The molecule has 1 aromatic heterocycles. The molecule has 2 N–H and O–H groups in total. The van der Waals surface area contributed by atoms with Gasteiger partial charge in [0.2, 0.25) is 11.8 Å². The fourth-order valence-corrected chi connectivity index (χ4v) is 5.37. The summed E-state index contributed by atoms with van der Waals surface area (Å²) in [6.07, 6.45) is 2.26. The van der Waals surface area contributed by atoms with Crippen molar-refractivity contribution in [3.63, 3.8) is 0 Å². The minimum Gasteiger partial charge on any atom is -0.406 e. The lowest BCUT2D eigenvalue weighted by Gasteiger charge is -2.27. The predicted molar refractivity (Wildman–Crippen MR) is 124 cm³/mol. The molecule has 5 rings (SSSR count). The fraction of sp³-hybridized carbons (Fsp3) is 0.480. The molecular formula is C25H28F3N5O3. The first-order valence-corrected chi connectivity index (χ1v) is 12.1.